The van der Waals surface area contributed by atoms with Gasteiger partial charge in [-0.3, -0.25) is 9.59 Å². The highest BCUT2D eigenvalue weighted by molar-refractivity contribution is 5.84. The van der Waals surface area contributed by atoms with E-state index >= 15 is 0 Å². The quantitative estimate of drug-likeness (QED) is 0.699. The summed E-state index contributed by atoms with van der Waals surface area (Å²) in [5.41, 5.74) is 0. The summed E-state index contributed by atoms with van der Waals surface area (Å²) in [6.07, 6.45) is 2.04. The van der Waals surface area contributed by atoms with Crippen molar-refractivity contribution in [1.29, 1.82) is 0 Å². The van der Waals surface area contributed by atoms with Crippen molar-refractivity contribution < 1.29 is 14.4 Å². The minimum Gasteiger partial charge on any atom is -0.339 e. The van der Waals surface area contributed by atoms with Crippen molar-refractivity contribution in [3.63, 3.8) is 0 Å². The van der Waals surface area contributed by atoms with E-state index in [1.165, 1.54) is 6.92 Å². The molecule has 2 fully saturated rings. The van der Waals surface area contributed by atoms with E-state index in [9.17, 15) is 14.4 Å². The van der Waals surface area contributed by atoms with Crippen molar-refractivity contribution in [1.82, 2.24) is 20.4 Å². The highest BCUT2D eigenvalue weighted by atomic mass is 16.2. The highest BCUT2D eigenvalue weighted by Crippen LogP contribution is 2.18. The summed E-state index contributed by atoms with van der Waals surface area (Å²) in [6, 6.07) is 0.00688. The molecule has 7 heteroatoms. The van der Waals surface area contributed by atoms with E-state index in [1.807, 2.05) is 0 Å². The standard InChI is InChI=1S/C12H20N4O3/c1-9(17)15-4-6-16(7-5-15)11(18)8-13-12(19)14-10-2-3-10/h10H,2-8H2,1H3,(H2,13,14,19). The fraction of sp³-hybridized carbons (Fsp3) is 0.750. The predicted octanol–water partition coefficient (Wildman–Crippen LogP) is -0.861. The first-order chi connectivity index (χ1) is 9.06. The van der Waals surface area contributed by atoms with Gasteiger partial charge in [0.1, 0.15) is 0 Å². The van der Waals surface area contributed by atoms with Crippen LogP contribution in [0, 0.1) is 0 Å². The van der Waals surface area contributed by atoms with Gasteiger partial charge in [0, 0.05) is 39.1 Å². The normalized spacial score (nSPS) is 19.0. The summed E-state index contributed by atoms with van der Waals surface area (Å²) in [4.78, 5) is 37.8. The number of rotatable bonds is 3. The predicted molar refractivity (Wildman–Crippen MR) is 68.4 cm³/mol. The molecule has 0 atom stereocenters. The largest absolute Gasteiger partial charge is 0.339 e. The molecule has 2 N–H and O–H groups in total. The van der Waals surface area contributed by atoms with Crippen LogP contribution in [0.1, 0.15) is 19.8 Å². The van der Waals surface area contributed by atoms with Crippen molar-refractivity contribution in [2.45, 2.75) is 25.8 Å². The minimum atomic E-state index is -0.279. The second kappa shape index (κ2) is 5.90. The molecule has 0 aromatic carbocycles. The molecule has 4 amide bonds. The average molecular weight is 268 g/mol. The lowest BCUT2D eigenvalue weighted by Gasteiger charge is -2.34. The van der Waals surface area contributed by atoms with E-state index in [4.69, 9.17) is 0 Å². The van der Waals surface area contributed by atoms with E-state index in [0.717, 1.165) is 12.8 Å². The Morgan fingerprint density at radius 2 is 1.63 bits per heavy atom. The van der Waals surface area contributed by atoms with Crippen LogP contribution in [0.3, 0.4) is 0 Å². The van der Waals surface area contributed by atoms with Crippen LogP contribution >= 0.6 is 0 Å². The Balaban J connectivity index is 1.66. The lowest BCUT2D eigenvalue weighted by atomic mass is 10.3. The Bertz CT molecular complexity index is 373. The van der Waals surface area contributed by atoms with Gasteiger partial charge < -0.3 is 20.4 Å². The van der Waals surface area contributed by atoms with Crippen LogP contribution in [0.25, 0.3) is 0 Å². The lowest BCUT2D eigenvalue weighted by Crippen LogP contribution is -2.52. The second-order valence-electron chi connectivity index (χ2n) is 4.99. The molecule has 7 nitrogen and oxygen atoms in total. The first kappa shape index (κ1) is 13.6. The van der Waals surface area contributed by atoms with Gasteiger partial charge >= 0.3 is 6.03 Å². The molecule has 0 bridgehead atoms. The number of piperazine rings is 1. The second-order valence-corrected chi connectivity index (χ2v) is 4.99. The zero-order chi connectivity index (χ0) is 13.8. The molecule has 1 heterocycles. The van der Waals surface area contributed by atoms with E-state index in [-0.39, 0.29) is 30.4 Å². The molecular weight excluding hydrogens is 248 g/mol. The van der Waals surface area contributed by atoms with Crippen LogP contribution in [-0.2, 0) is 9.59 Å². The Kier molecular flexibility index (Phi) is 4.24. The molecule has 0 aromatic rings. The Morgan fingerprint density at radius 1 is 1.05 bits per heavy atom. The molecule has 2 rings (SSSR count). The molecule has 2 aliphatic rings. The van der Waals surface area contributed by atoms with Crippen molar-refractivity contribution in [2.24, 2.45) is 0 Å². The molecule has 106 valence electrons. The SMILES string of the molecule is CC(=O)N1CCN(C(=O)CNC(=O)NC2CC2)CC1. The number of carbonyl (C=O) groups is 3. The van der Waals surface area contributed by atoms with Crippen molar-refractivity contribution in [3.05, 3.63) is 0 Å². The van der Waals surface area contributed by atoms with Crippen LogP contribution in [0.2, 0.25) is 0 Å². The molecule has 0 unspecified atom stereocenters. The molecule has 0 spiro atoms. The van der Waals surface area contributed by atoms with Crippen LogP contribution in [0.4, 0.5) is 4.79 Å². The maximum Gasteiger partial charge on any atom is 0.315 e. The first-order valence-electron chi connectivity index (χ1n) is 6.64. The molecular formula is C12H20N4O3. The number of amides is 4. The Hall–Kier alpha value is -1.79. The summed E-state index contributed by atoms with van der Waals surface area (Å²) < 4.78 is 0. The molecule has 0 radical (unpaired) electrons. The molecule has 19 heavy (non-hydrogen) atoms. The summed E-state index contributed by atoms with van der Waals surface area (Å²) in [5.74, 6) is -0.0665. The van der Waals surface area contributed by atoms with Gasteiger partial charge in [0.25, 0.3) is 0 Å². The summed E-state index contributed by atoms with van der Waals surface area (Å²) in [6.45, 7) is 3.74. The smallest absolute Gasteiger partial charge is 0.315 e. The number of urea groups is 1. The maximum absolute atomic E-state index is 11.9. The van der Waals surface area contributed by atoms with E-state index < -0.39 is 0 Å². The third-order valence-corrected chi connectivity index (χ3v) is 3.39. The van der Waals surface area contributed by atoms with Crippen LogP contribution in [0.15, 0.2) is 0 Å². The number of hydrogen-bond donors (Lipinski definition) is 2. The first-order valence-corrected chi connectivity index (χ1v) is 6.64. The minimum absolute atomic E-state index is 0.0125. The van der Waals surface area contributed by atoms with Gasteiger partial charge in [0.15, 0.2) is 0 Å². The summed E-state index contributed by atoms with van der Waals surface area (Å²) in [7, 11) is 0. The maximum atomic E-state index is 11.9. The van der Waals surface area contributed by atoms with E-state index in [2.05, 4.69) is 10.6 Å². The zero-order valence-corrected chi connectivity index (χ0v) is 11.1. The molecule has 1 aliphatic heterocycles. The zero-order valence-electron chi connectivity index (χ0n) is 11.1. The highest BCUT2D eigenvalue weighted by Gasteiger charge is 2.25. The van der Waals surface area contributed by atoms with Gasteiger partial charge in [-0.15, -0.1) is 0 Å². The van der Waals surface area contributed by atoms with Gasteiger partial charge in [-0.05, 0) is 12.8 Å². The monoisotopic (exact) mass is 268 g/mol. The fourth-order valence-electron chi connectivity index (χ4n) is 2.00. The van der Waals surface area contributed by atoms with Crippen molar-refractivity contribution >= 4 is 17.8 Å². The molecule has 0 aromatic heterocycles. The lowest BCUT2D eigenvalue weighted by molar-refractivity contribution is -0.137. The Labute approximate surface area is 112 Å². The third kappa shape index (κ3) is 4.11. The number of hydrogen-bond acceptors (Lipinski definition) is 3. The van der Waals surface area contributed by atoms with Gasteiger partial charge in [-0.2, -0.15) is 0 Å². The summed E-state index contributed by atoms with van der Waals surface area (Å²) in [5, 5.41) is 5.32. The number of nitrogens with zero attached hydrogens (tertiary/aromatic N) is 2. The van der Waals surface area contributed by atoms with Gasteiger partial charge in [-0.1, -0.05) is 0 Å². The van der Waals surface area contributed by atoms with Gasteiger partial charge in [0.05, 0.1) is 6.54 Å². The molecule has 1 saturated heterocycles. The number of nitrogens with one attached hydrogen (secondary N) is 2. The molecule has 1 aliphatic carbocycles. The van der Waals surface area contributed by atoms with Crippen LogP contribution in [-0.4, -0.2) is 66.4 Å². The molecule has 1 saturated carbocycles. The fourth-order valence-corrected chi connectivity index (χ4v) is 2.00. The van der Waals surface area contributed by atoms with Crippen molar-refractivity contribution in [2.75, 3.05) is 32.7 Å². The Morgan fingerprint density at radius 3 is 2.16 bits per heavy atom. The topological polar surface area (TPSA) is 81.8 Å². The average Bonchev–Trinajstić information content (AvgIpc) is 3.20. The third-order valence-electron chi connectivity index (χ3n) is 3.39. The van der Waals surface area contributed by atoms with E-state index in [1.54, 1.807) is 9.80 Å². The van der Waals surface area contributed by atoms with Crippen molar-refractivity contribution in [3.8, 4) is 0 Å². The van der Waals surface area contributed by atoms with Gasteiger partial charge in [-0.25, -0.2) is 4.79 Å². The van der Waals surface area contributed by atoms with Crippen LogP contribution in [0.5, 0.6) is 0 Å². The van der Waals surface area contributed by atoms with Crippen LogP contribution < -0.4 is 10.6 Å². The van der Waals surface area contributed by atoms with Gasteiger partial charge in [0.2, 0.25) is 11.8 Å². The van der Waals surface area contributed by atoms with E-state index in [0.29, 0.717) is 26.2 Å². The number of carbonyl (C=O) groups excluding carboxylic acids is 3. The summed E-state index contributed by atoms with van der Waals surface area (Å²) >= 11 is 0.